The maximum atomic E-state index is 12.8. The summed E-state index contributed by atoms with van der Waals surface area (Å²) >= 11 is 0. The lowest BCUT2D eigenvalue weighted by atomic mass is 10.1. The summed E-state index contributed by atoms with van der Waals surface area (Å²) in [6, 6.07) is 5.09. The Labute approximate surface area is 147 Å². The maximum absolute atomic E-state index is 12.8. The topological polar surface area (TPSA) is 95.0 Å². The molecule has 8 heteroatoms. The highest BCUT2D eigenvalue weighted by molar-refractivity contribution is 7.89. The van der Waals surface area contributed by atoms with Gasteiger partial charge in [-0.1, -0.05) is 12.5 Å². The highest BCUT2D eigenvalue weighted by atomic mass is 32.2. The number of carbonyl (C=O) groups is 2. The third-order valence-electron chi connectivity index (χ3n) is 4.83. The Hall–Kier alpha value is -1.93. The van der Waals surface area contributed by atoms with Crippen molar-refractivity contribution in [2.45, 2.75) is 43.0 Å². The summed E-state index contributed by atoms with van der Waals surface area (Å²) in [7, 11) is -3.63. The molecule has 0 unspecified atom stereocenters. The molecule has 1 atom stereocenters. The Morgan fingerprint density at radius 3 is 2.44 bits per heavy atom. The first-order chi connectivity index (χ1) is 11.9. The minimum Gasteiger partial charge on any atom is -0.480 e. The van der Waals surface area contributed by atoms with Gasteiger partial charge in [-0.05, 0) is 43.9 Å². The molecule has 3 rings (SSSR count). The largest absolute Gasteiger partial charge is 0.480 e. The zero-order chi connectivity index (χ0) is 18.0. The van der Waals surface area contributed by atoms with Crippen molar-refractivity contribution >= 4 is 21.9 Å². The molecule has 25 heavy (non-hydrogen) atoms. The molecule has 2 aliphatic rings. The van der Waals surface area contributed by atoms with Crippen molar-refractivity contribution in [1.82, 2.24) is 9.21 Å². The van der Waals surface area contributed by atoms with E-state index in [1.807, 2.05) is 0 Å². The van der Waals surface area contributed by atoms with Gasteiger partial charge in [-0.3, -0.25) is 4.79 Å². The molecule has 7 nitrogen and oxygen atoms in total. The van der Waals surface area contributed by atoms with Gasteiger partial charge < -0.3 is 10.0 Å². The number of sulfonamides is 1. The second-order valence-electron chi connectivity index (χ2n) is 6.49. The fourth-order valence-electron chi connectivity index (χ4n) is 3.48. The number of amides is 1. The van der Waals surface area contributed by atoms with Gasteiger partial charge in [0.1, 0.15) is 6.04 Å². The van der Waals surface area contributed by atoms with Crippen LogP contribution in [0.4, 0.5) is 0 Å². The molecular weight excluding hydrogens is 344 g/mol. The van der Waals surface area contributed by atoms with E-state index in [4.69, 9.17) is 0 Å². The fraction of sp³-hybridized carbons (Fsp3) is 0.529. The van der Waals surface area contributed by atoms with Crippen molar-refractivity contribution < 1.29 is 23.1 Å². The first-order valence-electron chi connectivity index (χ1n) is 8.55. The van der Waals surface area contributed by atoms with Gasteiger partial charge >= 0.3 is 5.97 Å². The van der Waals surface area contributed by atoms with Gasteiger partial charge in [-0.25, -0.2) is 13.2 Å². The summed E-state index contributed by atoms with van der Waals surface area (Å²) < 4.78 is 27.0. The van der Waals surface area contributed by atoms with E-state index in [2.05, 4.69) is 0 Å². The van der Waals surface area contributed by atoms with Crippen molar-refractivity contribution in [3.63, 3.8) is 0 Å². The van der Waals surface area contributed by atoms with E-state index in [0.29, 0.717) is 32.5 Å². The molecule has 2 fully saturated rings. The van der Waals surface area contributed by atoms with Crippen LogP contribution in [0.3, 0.4) is 0 Å². The normalized spacial score (nSPS) is 22.1. The molecule has 0 aromatic heterocycles. The number of benzene rings is 1. The van der Waals surface area contributed by atoms with Crippen LogP contribution >= 0.6 is 0 Å². The Kier molecular flexibility index (Phi) is 5.10. The van der Waals surface area contributed by atoms with Gasteiger partial charge in [0, 0.05) is 25.2 Å². The van der Waals surface area contributed by atoms with E-state index in [9.17, 15) is 23.1 Å². The highest BCUT2D eigenvalue weighted by Crippen LogP contribution is 2.24. The van der Waals surface area contributed by atoms with Crippen LogP contribution in [0.15, 0.2) is 29.2 Å². The van der Waals surface area contributed by atoms with Crippen molar-refractivity contribution in [2.75, 3.05) is 19.6 Å². The average Bonchev–Trinajstić information content (AvgIpc) is 3.12. The maximum Gasteiger partial charge on any atom is 0.326 e. The summed E-state index contributed by atoms with van der Waals surface area (Å²) in [5.74, 6) is -1.46. The predicted molar refractivity (Wildman–Crippen MR) is 90.7 cm³/mol. The first-order valence-corrected chi connectivity index (χ1v) is 9.99. The van der Waals surface area contributed by atoms with E-state index in [-0.39, 0.29) is 10.5 Å². The van der Waals surface area contributed by atoms with Gasteiger partial charge in [0.25, 0.3) is 5.91 Å². The van der Waals surface area contributed by atoms with E-state index in [1.54, 1.807) is 0 Å². The average molecular weight is 366 g/mol. The lowest BCUT2D eigenvalue weighted by Crippen LogP contribution is -2.40. The van der Waals surface area contributed by atoms with Gasteiger partial charge in [0.05, 0.1) is 4.90 Å². The second-order valence-corrected chi connectivity index (χ2v) is 8.43. The molecular formula is C17H22N2O5S. The molecule has 0 saturated carbocycles. The van der Waals surface area contributed by atoms with Gasteiger partial charge in [0.15, 0.2) is 0 Å². The summed E-state index contributed by atoms with van der Waals surface area (Å²) in [5.41, 5.74) is 0.214. The Morgan fingerprint density at radius 2 is 1.76 bits per heavy atom. The van der Waals surface area contributed by atoms with Crippen LogP contribution in [-0.2, 0) is 14.8 Å². The van der Waals surface area contributed by atoms with E-state index in [0.717, 1.165) is 19.3 Å². The van der Waals surface area contributed by atoms with Gasteiger partial charge in [-0.2, -0.15) is 4.31 Å². The first kappa shape index (κ1) is 17.9. The summed E-state index contributed by atoms with van der Waals surface area (Å²) in [6.45, 7) is 1.36. The third-order valence-corrected chi connectivity index (χ3v) is 6.73. The molecule has 1 aromatic rings. The molecule has 0 spiro atoms. The Morgan fingerprint density at radius 1 is 1.04 bits per heavy atom. The quantitative estimate of drug-likeness (QED) is 0.872. The van der Waals surface area contributed by atoms with Crippen molar-refractivity contribution in [3.8, 4) is 0 Å². The van der Waals surface area contributed by atoms with Crippen LogP contribution in [0.5, 0.6) is 0 Å². The summed E-state index contributed by atoms with van der Waals surface area (Å²) in [6.07, 6.45) is 3.76. The summed E-state index contributed by atoms with van der Waals surface area (Å²) in [4.78, 5) is 25.4. The number of carbonyl (C=O) groups excluding carboxylic acids is 1. The van der Waals surface area contributed by atoms with Crippen LogP contribution in [0.2, 0.25) is 0 Å². The molecule has 1 amide bonds. The molecule has 2 aliphatic heterocycles. The standard InChI is InChI=1S/C17H22N2O5S/c20-16(19-11-5-8-15(19)17(21)22)13-6-4-7-14(12-13)25(23,24)18-9-2-1-3-10-18/h4,6-7,12,15H,1-3,5,8-11H2,(H,21,22)/t15-/m0/s1. The molecule has 0 aliphatic carbocycles. The number of carboxylic acid groups (broad SMARTS) is 1. The Bertz CT molecular complexity index is 771. The summed E-state index contributed by atoms with van der Waals surface area (Å²) in [5, 5.41) is 9.24. The lowest BCUT2D eigenvalue weighted by molar-refractivity contribution is -0.141. The minimum absolute atomic E-state index is 0.0892. The zero-order valence-electron chi connectivity index (χ0n) is 13.9. The molecule has 0 bridgehead atoms. The second kappa shape index (κ2) is 7.13. The van der Waals surface area contributed by atoms with E-state index < -0.39 is 27.9 Å². The van der Waals surface area contributed by atoms with Crippen LogP contribution in [0, 0.1) is 0 Å². The molecule has 1 N–H and O–H groups in total. The van der Waals surface area contributed by atoms with Crippen molar-refractivity contribution in [1.29, 1.82) is 0 Å². The minimum atomic E-state index is -3.63. The molecule has 136 valence electrons. The molecule has 1 aromatic carbocycles. The molecule has 2 saturated heterocycles. The van der Waals surface area contributed by atoms with Crippen molar-refractivity contribution in [2.24, 2.45) is 0 Å². The number of rotatable bonds is 4. The van der Waals surface area contributed by atoms with Crippen molar-refractivity contribution in [3.05, 3.63) is 29.8 Å². The number of hydrogen-bond donors (Lipinski definition) is 1. The fourth-order valence-corrected chi connectivity index (χ4v) is 5.04. The van der Waals surface area contributed by atoms with Gasteiger partial charge in [0.2, 0.25) is 10.0 Å². The lowest BCUT2D eigenvalue weighted by Gasteiger charge is -2.26. The highest BCUT2D eigenvalue weighted by Gasteiger charge is 2.35. The van der Waals surface area contributed by atoms with Crippen LogP contribution in [0.25, 0.3) is 0 Å². The van der Waals surface area contributed by atoms with E-state index in [1.165, 1.54) is 33.5 Å². The number of carboxylic acids is 1. The number of likely N-dealkylation sites (tertiary alicyclic amines) is 1. The zero-order valence-corrected chi connectivity index (χ0v) is 14.7. The smallest absolute Gasteiger partial charge is 0.326 e. The predicted octanol–water partition coefficient (Wildman–Crippen LogP) is 1.55. The Balaban J connectivity index is 1.86. The van der Waals surface area contributed by atoms with Gasteiger partial charge in [-0.15, -0.1) is 0 Å². The number of nitrogens with zero attached hydrogens (tertiary/aromatic N) is 2. The van der Waals surface area contributed by atoms with Crippen LogP contribution in [0.1, 0.15) is 42.5 Å². The number of piperidine rings is 1. The van der Waals surface area contributed by atoms with E-state index >= 15 is 0 Å². The molecule has 0 radical (unpaired) electrons. The number of hydrogen-bond acceptors (Lipinski definition) is 4. The monoisotopic (exact) mass is 366 g/mol. The third kappa shape index (κ3) is 3.55. The van der Waals surface area contributed by atoms with Crippen LogP contribution < -0.4 is 0 Å². The molecule has 2 heterocycles. The SMILES string of the molecule is O=C(O)[C@@H]1CCCN1C(=O)c1cccc(S(=O)(=O)N2CCCCC2)c1. The number of aliphatic carboxylic acids is 1. The van der Waals surface area contributed by atoms with Crippen LogP contribution in [-0.4, -0.2) is 60.3 Å².